The number of aryl methyl sites for hydroxylation is 2. The molecule has 0 aliphatic carbocycles. The summed E-state index contributed by atoms with van der Waals surface area (Å²) in [4.78, 5) is 11.8. The molecule has 4 heteroatoms. The zero-order valence-corrected chi connectivity index (χ0v) is 12.4. The molecule has 0 heterocycles. The number of halogens is 1. The maximum Gasteiger partial charge on any atom is 0.313 e. The summed E-state index contributed by atoms with van der Waals surface area (Å²) in [7, 11) is 1.39. The zero-order valence-electron chi connectivity index (χ0n) is 11.6. The highest BCUT2D eigenvalue weighted by molar-refractivity contribution is 5.85. The van der Waals surface area contributed by atoms with Crippen LogP contribution in [0.2, 0.25) is 0 Å². The molecule has 0 saturated heterocycles. The Morgan fingerprint density at radius 1 is 1.28 bits per heavy atom. The Bertz CT molecular complexity index is 410. The van der Waals surface area contributed by atoms with Gasteiger partial charge in [0.15, 0.2) is 0 Å². The van der Waals surface area contributed by atoms with E-state index < -0.39 is 5.41 Å². The number of carbonyl (C=O) groups excluding carboxylic acids is 1. The minimum atomic E-state index is -0.731. The molecule has 0 amide bonds. The zero-order chi connectivity index (χ0) is 13.2. The van der Waals surface area contributed by atoms with Crippen molar-refractivity contribution in [3.63, 3.8) is 0 Å². The van der Waals surface area contributed by atoms with Crippen LogP contribution in [0.4, 0.5) is 0 Å². The Hall–Kier alpha value is -1.06. The number of carbonyl (C=O) groups is 1. The van der Waals surface area contributed by atoms with E-state index >= 15 is 0 Å². The Kier molecular flexibility index (Phi) is 5.84. The predicted octanol–water partition coefficient (Wildman–Crippen LogP) is 2.92. The lowest BCUT2D eigenvalue weighted by molar-refractivity contribution is -0.152. The molecule has 1 atom stereocenters. The lowest BCUT2D eigenvalue weighted by Crippen LogP contribution is -2.38. The third kappa shape index (κ3) is 3.03. The van der Waals surface area contributed by atoms with Gasteiger partial charge in [0.05, 0.1) is 12.5 Å². The van der Waals surface area contributed by atoms with E-state index in [4.69, 9.17) is 10.5 Å². The highest BCUT2D eigenvalue weighted by Gasteiger charge is 2.37. The third-order valence-corrected chi connectivity index (χ3v) is 3.34. The first-order valence-electron chi connectivity index (χ1n) is 5.72. The van der Waals surface area contributed by atoms with Crippen molar-refractivity contribution in [2.45, 2.75) is 33.7 Å². The number of ether oxygens (including phenoxy) is 1. The van der Waals surface area contributed by atoms with Crippen molar-refractivity contribution in [3.8, 4) is 0 Å². The van der Waals surface area contributed by atoms with Crippen molar-refractivity contribution >= 4 is 18.4 Å². The summed E-state index contributed by atoms with van der Waals surface area (Å²) in [5.41, 5.74) is 8.76. The molecule has 0 saturated carbocycles. The van der Waals surface area contributed by atoms with Gasteiger partial charge in [0.25, 0.3) is 0 Å². The quantitative estimate of drug-likeness (QED) is 0.860. The summed E-state index contributed by atoms with van der Waals surface area (Å²) in [6.45, 7) is 7.65. The topological polar surface area (TPSA) is 52.3 Å². The van der Waals surface area contributed by atoms with Crippen molar-refractivity contribution < 1.29 is 9.53 Å². The maximum atomic E-state index is 11.8. The molecule has 0 bridgehead atoms. The van der Waals surface area contributed by atoms with Crippen LogP contribution in [-0.4, -0.2) is 13.1 Å². The van der Waals surface area contributed by atoms with E-state index in [1.165, 1.54) is 7.11 Å². The van der Waals surface area contributed by atoms with Gasteiger partial charge in [-0.2, -0.15) is 0 Å². The highest BCUT2D eigenvalue weighted by atomic mass is 35.5. The molecule has 0 fully saturated rings. The van der Waals surface area contributed by atoms with Crippen LogP contribution in [0.5, 0.6) is 0 Å². The van der Waals surface area contributed by atoms with E-state index in [-0.39, 0.29) is 24.4 Å². The van der Waals surface area contributed by atoms with Gasteiger partial charge in [0.2, 0.25) is 0 Å². The molecule has 0 aliphatic rings. The van der Waals surface area contributed by atoms with Gasteiger partial charge in [-0.15, -0.1) is 12.4 Å². The summed E-state index contributed by atoms with van der Waals surface area (Å²) in [6, 6.07) is 5.65. The second kappa shape index (κ2) is 6.21. The van der Waals surface area contributed by atoms with Gasteiger partial charge in [-0.1, -0.05) is 18.2 Å². The predicted molar refractivity (Wildman–Crippen MR) is 75.9 cm³/mol. The molecule has 3 nitrogen and oxygen atoms in total. The van der Waals surface area contributed by atoms with Crippen molar-refractivity contribution in [1.29, 1.82) is 0 Å². The molecule has 1 aromatic rings. The van der Waals surface area contributed by atoms with Crippen molar-refractivity contribution in [2.75, 3.05) is 7.11 Å². The molecule has 0 aromatic heterocycles. The van der Waals surface area contributed by atoms with Crippen molar-refractivity contribution in [2.24, 2.45) is 11.1 Å². The number of nitrogens with two attached hydrogens (primary N) is 1. The Morgan fingerprint density at radius 3 is 2.11 bits per heavy atom. The van der Waals surface area contributed by atoms with Crippen molar-refractivity contribution in [1.82, 2.24) is 0 Å². The van der Waals surface area contributed by atoms with Gasteiger partial charge in [0, 0.05) is 6.04 Å². The average Bonchev–Trinajstić information content (AvgIpc) is 2.27. The minimum absolute atomic E-state index is 0. The summed E-state index contributed by atoms with van der Waals surface area (Å²) < 4.78 is 4.82. The normalized spacial score (nSPS) is 12.6. The SMILES string of the molecule is COC(=O)C(C)(C)[C@H](N)c1c(C)cccc1C.Cl. The van der Waals surface area contributed by atoms with Gasteiger partial charge in [-0.25, -0.2) is 0 Å². The molecule has 0 spiro atoms. The third-order valence-electron chi connectivity index (χ3n) is 3.34. The van der Waals surface area contributed by atoms with Crippen LogP contribution in [-0.2, 0) is 9.53 Å². The van der Waals surface area contributed by atoms with Crippen molar-refractivity contribution in [3.05, 3.63) is 34.9 Å². The molecule has 0 radical (unpaired) electrons. The number of hydrogen-bond donors (Lipinski definition) is 1. The molecular formula is C14H22ClNO2. The molecule has 0 unspecified atom stereocenters. The van der Waals surface area contributed by atoms with E-state index in [1.54, 1.807) is 0 Å². The molecule has 102 valence electrons. The summed E-state index contributed by atoms with van der Waals surface area (Å²) in [5, 5.41) is 0. The molecule has 2 N–H and O–H groups in total. The first kappa shape index (κ1) is 16.9. The fourth-order valence-corrected chi connectivity index (χ4v) is 2.07. The van der Waals surface area contributed by atoms with Crippen LogP contribution < -0.4 is 5.73 Å². The Morgan fingerprint density at radius 2 is 1.72 bits per heavy atom. The van der Waals surface area contributed by atoms with Crippen LogP contribution in [0, 0.1) is 19.3 Å². The number of hydrogen-bond acceptors (Lipinski definition) is 3. The van der Waals surface area contributed by atoms with Crippen LogP contribution in [0.1, 0.15) is 36.6 Å². The summed E-state index contributed by atoms with van der Waals surface area (Å²) in [6.07, 6.45) is 0. The smallest absolute Gasteiger partial charge is 0.313 e. The first-order chi connectivity index (χ1) is 7.82. The second-order valence-corrected chi connectivity index (χ2v) is 5.00. The molecule has 18 heavy (non-hydrogen) atoms. The van der Waals surface area contributed by atoms with Crippen LogP contribution in [0.15, 0.2) is 18.2 Å². The van der Waals surface area contributed by atoms with Gasteiger partial charge < -0.3 is 10.5 Å². The number of esters is 1. The Labute approximate surface area is 115 Å². The molecule has 0 aliphatic heterocycles. The fraction of sp³-hybridized carbons (Fsp3) is 0.500. The Balaban J connectivity index is 0.00000289. The number of methoxy groups -OCH3 is 1. The lowest BCUT2D eigenvalue weighted by atomic mass is 9.78. The molecule has 1 rings (SSSR count). The lowest BCUT2D eigenvalue weighted by Gasteiger charge is -2.31. The van der Waals surface area contributed by atoms with Gasteiger partial charge in [-0.05, 0) is 44.4 Å². The summed E-state index contributed by atoms with van der Waals surface area (Å²) in [5.74, 6) is -0.285. The van der Waals surface area contributed by atoms with Gasteiger partial charge in [0.1, 0.15) is 0 Å². The number of benzene rings is 1. The van der Waals surface area contributed by atoms with E-state index in [0.717, 1.165) is 16.7 Å². The van der Waals surface area contributed by atoms with Gasteiger partial charge >= 0.3 is 5.97 Å². The van der Waals surface area contributed by atoms with Crippen LogP contribution >= 0.6 is 12.4 Å². The molecule has 1 aromatic carbocycles. The van der Waals surface area contributed by atoms with Gasteiger partial charge in [-0.3, -0.25) is 4.79 Å². The standard InChI is InChI=1S/C14H21NO2.ClH/c1-9-7-6-8-10(2)11(9)12(15)14(3,4)13(16)17-5;/h6-8,12H,15H2,1-5H3;1H/t12-;/m1./s1. The van der Waals surface area contributed by atoms with Crippen LogP contribution in [0.25, 0.3) is 0 Å². The van der Waals surface area contributed by atoms with E-state index in [1.807, 2.05) is 45.9 Å². The second-order valence-electron chi connectivity index (χ2n) is 5.00. The highest BCUT2D eigenvalue weighted by Crippen LogP contribution is 2.35. The maximum absolute atomic E-state index is 11.8. The van der Waals surface area contributed by atoms with E-state index in [9.17, 15) is 4.79 Å². The fourth-order valence-electron chi connectivity index (χ4n) is 2.07. The monoisotopic (exact) mass is 271 g/mol. The first-order valence-corrected chi connectivity index (χ1v) is 5.72. The van der Waals surface area contributed by atoms with E-state index in [2.05, 4.69) is 0 Å². The van der Waals surface area contributed by atoms with Crippen LogP contribution in [0.3, 0.4) is 0 Å². The largest absolute Gasteiger partial charge is 0.469 e. The van der Waals surface area contributed by atoms with E-state index in [0.29, 0.717) is 0 Å². The average molecular weight is 272 g/mol. The molecular weight excluding hydrogens is 250 g/mol. The number of rotatable bonds is 3. The minimum Gasteiger partial charge on any atom is -0.469 e. The summed E-state index contributed by atoms with van der Waals surface area (Å²) >= 11 is 0.